The minimum atomic E-state index is -0.587. The van der Waals surface area contributed by atoms with E-state index < -0.39 is 6.10 Å². The monoisotopic (exact) mass is 519 g/mol. The fourth-order valence-electron chi connectivity index (χ4n) is 6.07. The number of amides is 1. The summed E-state index contributed by atoms with van der Waals surface area (Å²) in [5.74, 6) is 2.20. The van der Waals surface area contributed by atoms with Gasteiger partial charge in [0.15, 0.2) is 5.13 Å². The van der Waals surface area contributed by atoms with E-state index in [-0.39, 0.29) is 41.5 Å². The van der Waals surface area contributed by atoms with E-state index in [1.54, 1.807) is 35.4 Å². The second-order valence-corrected chi connectivity index (χ2v) is 12.0. The molecule has 0 unspecified atom stereocenters. The number of fused-ring (bicyclic) bond motifs is 2. The zero-order valence-corrected chi connectivity index (χ0v) is 22.3. The molecule has 4 rings (SSSR count). The molecule has 2 aromatic rings. The number of aromatic nitrogens is 1. The molecule has 1 aromatic heterocycles. The SMILES string of the molecule is C#CCN(C)C(=O)[C@@H](C)[C@H]1CC[C@@]2(C)Cc3sc(Nc4c(Cl)cccc4Cl)nc3[C@@H](C)[C@@H]2[C@H]1O. The van der Waals surface area contributed by atoms with Crippen LogP contribution in [0.4, 0.5) is 10.8 Å². The molecule has 2 N–H and O–H groups in total. The van der Waals surface area contributed by atoms with Crippen LogP contribution in [0.5, 0.6) is 0 Å². The summed E-state index contributed by atoms with van der Waals surface area (Å²) in [6, 6.07) is 5.40. The molecule has 5 nitrogen and oxygen atoms in total. The van der Waals surface area contributed by atoms with Crippen LogP contribution < -0.4 is 5.32 Å². The molecular formula is C26H31Cl2N3O2S. The van der Waals surface area contributed by atoms with Crippen LogP contribution in [0.15, 0.2) is 18.2 Å². The summed E-state index contributed by atoms with van der Waals surface area (Å²) < 4.78 is 0. The fourth-order valence-corrected chi connectivity index (χ4v) is 7.83. The standard InChI is InChI=1S/C26H31Cl2N3O2S/c1-6-12-31(5)24(33)14(2)16-10-11-26(4)13-19-21(15(3)20(26)23(16)32)29-25(34-19)30-22-17(27)8-7-9-18(22)28/h1,7-9,14-16,20,23,32H,10-13H2,2-5H3,(H,29,30)/t14-,15-,16+,20+,23-,26-/m0/s1. The lowest BCUT2D eigenvalue weighted by Gasteiger charge is -2.53. The highest BCUT2D eigenvalue weighted by Gasteiger charge is 2.54. The van der Waals surface area contributed by atoms with E-state index in [9.17, 15) is 9.90 Å². The molecule has 1 fully saturated rings. The Balaban J connectivity index is 1.59. The van der Waals surface area contributed by atoms with E-state index in [1.807, 2.05) is 13.0 Å². The highest BCUT2D eigenvalue weighted by Crippen LogP contribution is 2.57. The van der Waals surface area contributed by atoms with Crippen molar-refractivity contribution >= 4 is 51.3 Å². The average Bonchev–Trinajstić information content (AvgIpc) is 3.18. The summed E-state index contributed by atoms with van der Waals surface area (Å²) in [5, 5.41) is 16.7. The average molecular weight is 521 g/mol. The van der Waals surface area contributed by atoms with Crippen molar-refractivity contribution in [2.45, 2.75) is 52.1 Å². The Morgan fingerprint density at radius 1 is 1.44 bits per heavy atom. The van der Waals surface area contributed by atoms with Gasteiger partial charge in [0, 0.05) is 23.8 Å². The number of carbonyl (C=O) groups is 1. The number of hydrogen-bond acceptors (Lipinski definition) is 5. The number of halogens is 2. The van der Waals surface area contributed by atoms with Gasteiger partial charge >= 0.3 is 0 Å². The predicted molar refractivity (Wildman–Crippen MR) is 140 cm³/mol. The van der Waals surface area contributed by atoms with Crippen LogP contribution in [0.25, 0.3) is 0 Å². The normalized spacial score (nSPS) is 28.9. The van der Waals surface area contributed by atoms with E-state index in [0.717, 1.165) is 30.1 Å². The summed E-state index contributed by atoms with van der Waals surface area (Å²) in [5.41, 5.74) is 1.61. The zero-order chi connectivity index (χ0) is 24.8. The highest BCUT2D eigenvalue weighted by molar-refractivity contribution is 7.15. The van der Waals surface area contributed by atoms with Gasteiger partial charge in [-0.15, -0.1) is 17.8 Å². The number of hydrogen-bond donors (Lipinski definition) is 2. The summed E-state index contributed by atoms with van der Waals surface area (Å²) >= 11 is 14.3. The minimum Gasteiger partial charge on any atom is -0.392 e. The van der Waals surface area contributed by atoms with Gasteiger partial charge in [0.2, 0.25) is 5.91 Å². The molecule has 8 heteroatoms. The molecule has 6 atom stereocenters. The van der Waals surface area contributed by atoms with Crippen LogP contribution in [-0.4, -0.2) is 40.6 Å². The van der Waals surface area contributed by atoms with Gasteiger partial charge in [-0.1, -0.05) is 56.0 Å². The van der Waals surface area contributed by atoms with Gasteiger partial charge in [0.1, 0.15) is 0 Å². The molecule has 0 spiro atoms. The van der Waals surface area contributed by atoms with Crippen molar-refractivity contribution in [1.82, 2.24) is 9.88 Å². The Morgan fingerprint density at radius 2 is 2.12 bits per heavy atom. The van der Waals surface area contributed by atoms with Crippen LogP contribution in [0.2, 0.25) is 10.0 Å². The zero-order valence-electron chi connectivity index (χ0n) is 19.9. The molecule has 1 amide bonds. The Labute approximate surface area is 215 Å². The van der Waals surface area contributed by atoms with Gasteiger partial charge in [-0.3, -0.25) is 4.79 Å². The molecule has 34 heavy (non-hydrogen) atoms. The van der Waals surface area contributed by atoms with Crippen molar-refractivity contribution in [1.29, 1.82) is 0 Å². The van der Waals surface area contributed by atoms with Gasteiger partial charge < -0.3 is 15.3 Å². The van der Waals surface area contributed by atoms with E-state index in [0.29, 0.717) is 15.7 Å². The number of carbonyl (C=O) groups excluding carboxylic acids is 1. The van der Waals surface area contributed by atoms with Crippen LogP contribution in [-0.2, 0) is 11.2 Å². The van der Waals surface area contributed by atoms with Gasteiger partial charge in [-0.2, -0.15) is 0 Å². The van der Waals surface area contributed by atoms with Crippen molar-refractivity contribution in [3.8, 4) is 12.3 Å². The van der Waals surface area contributed by atoms with Crippen LogP contribution in [0, 0.1) is 35.5 Å². The van der Waals surface area contributed by atoms with Gasteiger partial charge in [0.05, 0.1) is 34.1 Å². The Hall–Kier alpha value is -1.78. The number of terminal acetylenes is 1. The number of rotatable bonds is 5. The number of benzene rings is 1. The molecule has 0 saturated heterocycles. The maximum atomic E-state index is 12.9. The topological polar surface area (TPSA) is 65.5 Å². The summed E-state index contributed by atoms with van der Waals surface area (Å²) in [4.78, 5) is 20.6. The number of para-hydroxylation sites is 1. The quantitative estimate of drug-likeness (QED) is 0.477. The van der Waals surface area contributed by atoms with E-state index in [4.69, 9.17) is 34.6 Å². The second-order valence-electron chi connectivity index (χ2n) is 10.1. The summed E-state index contributed by atoms with van der Waals surface area (Å²) in [7, 11) is 1.72. The summed E-state index contributed by atoms with van der Waals surface area (Å²) in [6.07, 6.45) is 7.43. The molecule has 0 bridgehead atoms. The lowest BCUT2D eigenvalue weighted by atomic mass is 9.53. The lowest BCUT2D eigenvalue weighted by Crippen LogP contribution is -2.53. The number of aliphatic hydroxyl groups excluding tert-OH is 1. The van der Waals surface area contributed by atoms with E-state index in [1.165, 1.54) is 4.88 Å². The molecule has 1 saturated carbocycles. The van der Waals surface area contributed by atoms with E-state index >= 15 is 0 Å². The smallest absolute Gasteiger partial charge is 0.226 e. The highest BCUT2D eigenvalue weighted by atomic mass is 35.5. The maximum absolute atomic E-state index is 12.9. The van der Waals surface area contributed by atoms with Gasteiger partial charge in [-0.05, 0) is 48.6 Å². The molecule has 1 heterocycles. The van der Waals surface area contributed by atoms with Crippen LogP contribution in [0.1, 0.15) is 50.1 Å². The summed E-state index contributed by atoms with van der Waals surface area (Å²) in [6.45, 7) is 6.61. The predicted octanol–water partition coefficient (Wildman–Crippen LogP) is 5.97. The van der Waals surface area contributed by atoms with Crippen LogP contribution in [0.3, 0.4) is 0 Å². The first-order valence-electron chi connectivity index (χ1n) is 11.6. The maximum Gasteiger partial charge on any atom is 0.226 e. The third-order valence-corrected chi connectivity index (χ3v) is 9.47. The number of nitrogens with zero attached hydrogens (tertiary/aromatic N) is 2. The number of thiazole rings is 1. The number of aliphatic hydroxyl groups is 1. The first kappa shape index (κ1) is 25.3. The Bertz CT molecular complexity index is 1110. The molecule has 0 radical (unpaired) electrons. The van der Waals surface area contributed by atoms with Crippen molar-refractivity contribution in [3.05, 3.63) is 38.8 Å². The molecule has 2 aliphatic carbocycles. The molecule has 182 valence electrons. The Kier molecular flexibility index (Phi) is 7.22. The lowest BCUT2D eigenvalue weighted by molar-refractivity contribution is -0.142. The fraction of sp³-hybridized carbons (Fsp3) is 0.538. The molecular weight excluding hydrogens is 489 g/mol. The minimum absolute atomic E-state index is 0.00785. The molecule has 1 aromatic carbocycles. The Morgan fingerprint density at radius 3 is 2.76 bits per heavy atom. The molecule has 2 aliphatic rings. The third kappa shape index (κ3) is 4.44. The van der Waals surface area contributed by atoms with Gasteiger partial charge in [0.25, 0.3) is 0 Å². The van der Waals surface area contributed by atoms with Crippen molar-refractivity contribution < 1.29 is 9.90 Å². The van der Waals surface area contributed by atoms with Crippen LogP contribution >= 0.6 is 34.5 Å². The first-order valence-corrected chi connectivity index (χ1v) is 13.2. The van der Waals surface area contributed by atoms with Crippen molar-refractivity contribution in [3.63, 3.8) is 0 Å². The van der Waals surface area contributed by atoms with E-state index in [2.05, 4.69) is 25.1 Å². The number of nitrogens with one attached hydrogen (secondary N) is 1. The first-order chi connectivity index (χ1) is 16.1. The molecule has 0 aliphatic heterocycles. The van der Waals surface area contributed by atoms with Gasteiger partial charge in [-0.25, -0.2) is 4.98 Å². The number of anilines is 2. The third-order valence-electron chi connectivity index (χ3n) is 7.85. The largest absolute Gasteiger partial charge is 0.392 e. The second kappa shape index (κ2) is 9.70. The van der Waals surface area contributed by atoms with Crippen molar-refractivity contribution in [2.24, 2.45) is 23.2 Å². The van der Waals surface area contributed by atoms with Crippen molar-refractivity contribution in [2.75, 3.05) is 18.9 Å².